The van der Waals surface area contributed by atoms with Crippen LogP contribution in [0, 0.1) is 11.6 Å². The van der Waals surface area contributed by atoms with Gasteiger partial charge < -0.3 is 9.47 Å². The first-order chi connectivity index (χ1) is 9.60. The van der Waals surface area contributed by atoms with E-state index in [1.165, 1.54) is 13.2 Å². The molecule has 0 heterocycles. The van der Waals surface area contributed by atoms with Crippen molar-refractivity contribution in [2.24, 2.45) is 0 Å². The predicted molar refractivity (Wildman–Crippen MR) is 68.5 cm³/mol. The Morgan fingerprint density at radius 3 is 2.40 bits per heavy atom. The molecule has 0 bridgehead atoms. The van der Waals surface area contributed by atoms with E-state index in [4.69, 9.17) is 4.74 Å². The molecule has 0 spiro atoms. The van der Waals surface area contributed by atoms with Gasteiger partial charge >= 0.3 is 5.97 Å². The Morgan fingerprint density at radius 2 is 1.80 bits per heavy atom. The lowest BCUT2D eigenvalue weighted by molar-refractivity contribution is 0.0600. The summed E-state index contributed by atoms with van der Waals surface area (Å²) in [7, 11) is 1.30. The molecule has 20 heavy (non-hydrogen) atoms. The van der Waals surface area contributed by atoms with E-state index >= 15 is 0 Å². The van der Waals surface area contributed by atoms with Gasteiger partial charge in [-0.25, -0.2) is 13.6 Å². The van der Waals surface area contributed by atoms with Gasteiger partial charge in [-0.15, -0.1) is 0 Å². The summed E-state index contributed by atoms with van der Waals surface area (Å²) in [6.45, 7) is 0.115. The highest BCUT2D eigenvalue weighted by molar-refractivity contribution is 5.89. The number of hydrogen-bond donors (Lipinski definition) is 0. The van der Waals surface area contributed by atoms with Crippen LogP contribution in [0.15, 0.2) is 42.5 Å². The average molecular weight is 278 g/mol. The molecule has 0 aromatic heterocycles. The monoisotopic (exact) mass is 278 g/mol. The maximum atomic E-state index is 13.3. The van der Waals surface area contributed by atoms with Crippen LogP contribution in [0.1, 0.15) is 15.9 Å². The van der Waals surface area contributed by atoms with Crippen LogP contribution in [0.25, 0.3) is 0 Å². The average Bonchev–Trinajstić information content (AvgIpc) is 2.46. The van der Waals surface area contributed by atoms with E-state index in [1.54, 1.807) is 24.3 Å². The van der Waals surface area contributed by atoms with Gasteiger partial charge in [0.2, 0.25) is 0 Å². The fourth-order valence-corrected chi connectivity index (χ4v) is 1.61. The van der Waals surface area contributed by atoms with Crippen LogP contribution >= 0.6 is 0 Å². The third-order valence-corrected chi connectivity index (χ3v) is 2.66. The Labute approximate surface area is 114 Å². The maximum absolute atomic E-state index is 13.3. The normalized spacial score (nSPS) is 10.2. The van der Waals surface area contributed by atoms with Crippen LogP contribution in [0.5, 0.6) is 5.75 Å². The molecular weight excluding hydrogens is 266 g/mol. The largest absolute Gasteiger partial charge is 0.486 e. The fraction of sp³-hybridized carbons (Fsp3) is 0.133. The van der Waals surface area contributed by atoms with Gasteiger partial charge in [-0.1, -0.05) is 12.1 Å². The van der Waals surface area contributed by atoms with Crippen molar-refractivity contribution in [2.75, 3.05) is 7.11 Å². The molecule has 0 aliphatic carbocycles. The zero-order valence-corrected chi connectivity index (χ0v) is 10.7. The predicted octanol–water partition coefficient (Wildman–Crippen LogP) is 3.33. The fourth-order valence-electron chi connectivity index (χ4n) is 1.61. The molecule has 0 radical (unpaired) electrons. The molecule has 0 aliphatic heterocycles. The minimum absolute atomic E-state index is 0.0246. The summed E-state index contributed by atoms with van der Waals surface area (Å²) in [5.74, 6) is -1.86. The molecule has 2 aromatic carbocycles. The molecule has 0 N–H and O–H groups in total. The Bertz CT molecular complexity index is 609. The van der Waals surface area contributed by atoms with Gasteiger partial charge in [-0.05, 0) is 29.8 Å². The van der Waals surface area contributed by atoms with Gasteiger partial charge in [0.05, 0.1) is 12.7 Å². The van der Waals surface area contributed by atoms with Crippen LogP contribution in [0.3, 0.4) is 0 Å². The van der Waals surface area contributed by atoms with Crippen LogP contribution in [-0.4, -0.2) is 13.1 Å². The SMILES string of the molecule is COC(=O)c1ccc(COc2ccc(F)cc2F)cc1. The second kappa shape index (κ2) is 6.14. The van der Waals surface area contributed by atoms with E-state index in [9.17, 15) is 13.6 Å². The van der Waals surface area contributed by atoms with Gasteiger partial charge in [-0.3, -0.25) is 0 Å². The highest BCUT2D eigenvalue weighted by atomic mass is 19.1. The number of rotatable bonds is 4. The van der Waals surface area contributed by atoms with E-state index in [1.807, 2.05) is 0 Å². The molecule has 104 valence electrons. The van der Waals surface area contributed by atoms with Crippen molar-refractivity contribution in [3.05, 3.63) is 65.2 Å². The third kappa shape index (κ3) is 3.32. The van der Waals surface area contributed by atoms with Crippen molar-refractivity contribution in [1.29, 1.82) is 0 Å². The molecule has 0 saturated heterocycles. The van der Waals surface area contributed by atoms with E-state index in [0.717, 1.165) is 17.7 Å². The maximum Gasteiger partial charge on any atom is 0.337 e. The lowest BCUT2D eigenvalue weighted by Crippen LogP contribution is -2.02. The molecule has 3 nitrogen and oxygen atoms in total. The first-order valence-corrected chi connectivity index (χ1v) is 5.85. The van der Waals surface area contributed by atoms with Crippen molar-refractivity contribution >= 4 is 5.97 Å². The second-order valence-electron chi connectivity index (χ2n) is 4.05. The molecule has 0 saturated carbocycles. The van der Waals surface area contributed by atoms with Crippen LogP contribution in [0.4, 0.5) is 8.78 Å². The molecule has 5 heteroatoms. The number of benzene rings is 2. The Kier molecular flexibility index (Phi) is 4.30. The van der Waals surface area contributed by atoms with Gasteiger partial charge in [0.1, 0.15) is 12.4 Å². The lowest BCUT2D eigenvalue weighted by Gasteiger charge is -2.07. The van der Waals surface area contributed by atoms with Crippen molar-refractivity contribution in [3.63, 3.8) is 0 Å². The Hall–Kier alpha value is -2.43. The summed E-state index contributed by atoms with van der Waals surface area (Å²) in [4.78, 5) is 11.2. The number of ether oxygens (including phenoxy) is 2. The molecule has 2 aromatic rings. The quantitative estimate of drug-likeness (QED) is 0.805. The van der Waals surface area contributed by atoms with E-state index in [2.05, 4.69) is 4.74 Å². The number of carbonyl (C=O) groups is 1. The number of carbonyl (C=O) groups excluding carboxylic acids is 1. The van der Waals surface area contributed by atoms with Gasteiger partial charge in [-0.2, -0.15) is 0 Å². The van der Waals surface area contributed by atoms with Gasteiger partial charge in [0.25, 0.3) is 0 Å². The Balaban J connectivity index is 2.02. The first kappa shape index (κ1) is 14.0. The van der Waals surface area contributed by atoms with Crippen LogP contribution in [0.2, 0.25) is 0 Å². The number of halogens is 2. The molecule has 0 amide bonds. The van der Waals surface area contributed by atoms with E-state index in [0.29, 0.717) is 5.56 Å². The molecular formula is C15H12F2O3. The summed E-state index contributed by atoms with van der Waals surface area (Å²) in [5.41, 5.74) is 1.17. The van der Waals surface area contributed by atoms with Gasteiger partial charge in [0.15, 0.2) is 11.6 Å². The molecule has 0 fully saturated rings. The molecule has 0 unspecified atom stereocenters. The van der Waals surface area contributed by atoms with Crippen molar-refractivity contribution < 1.29 is 23.0 Å². The number of methoxy groups -OCH3 is 1. The highest BCUT2D eigenvalue weighted by Gasteiger charge is 2.07. The lowest BCUT2D eigenvalue weighted by atomic mass is 10.1. The smallest absolute Gasteiger partial charge is 0.337 e. The zero-order chi connectivity index (χ0) is 14.5. The topological polar surface area (TPSA) is 35.5 Å². The summed E-state index contributed by atoms with van der Waals surface area (Å²) in [5, 5.41) is 0. The van der Waals surface area contributed by atoms with E-state index < -0.39 is 17.6 Å². The minimum Gasteiger partial charge on any atom is -0.486 e. The summed E-state index contributed by atoms with van der Waals surface area (Å²) in [6, 6.07) is 9.64. The summed E-state index contributed by atoms with van der Waals surface area (Å²) in [6.07, 6.45) is 0. The molecule has 0 atom stereocenters. The van der Waals surface area contributed by atoms with Crippen molar-refractivity contribution in [3.8, 4) is 5.75 Å². The van der Waals surface area contributed by atoms with Crippen LogP contribution < -0.4 is 4.74 Å². The third-order valence-electron chi connectivity index (χ3n) is 2.66. The molecule has 0 aliphatic rings. The Morgan fingerprint density at radius 1 is 1.10 bits per heavy atom. The molecule has 2 rings (SSSR count). The summed E-state index contributed by atoms with van der Waals surface area (Å²) < 4.78 is 35.9. The highest BCUT2D eigenvalue weighted by Crippen LogP contribution is 2.19. The second-order valence-corrected chi connectivity index (χ2v) is 4.05. The number of hydrogen-bond acceptors (Lipinski definition) is 3. The van der Waals surface area contributed by atoms with Crippen molar-refractivity contribution in [2.45, 2.75) is 6.61 Å². The van der Waals surface area contributed by atoms with Crippen LogP contribution in [-0.2, 0) is 11.3 Å². The zero-order valence-electron chi connectivity index (χ0n) is 10.7. The summed E-state index contributed by atoms with van der Waals surface area (Å²) >= 11 is 0. The van der Waals surface area contributed by atoms with Crippen molar-refractivity contribution in [1.82, 2.24) is 0 Å². The standard InChI is InChI=1S/C15H12F2O3/c1-19-15(18)11-4-2-10(3-5-11)9-20-14-7-6-12(16)8-13(14)17/h2-8H,9H2,1H3. The van der Waals surface area contributed by atoms with Gasteiger partial charge in [0, 0.05) is 6.07 Å². The number of esters is 1. The van der Waals surface area contributed by atoms with E-state index in [-0.39, 0.29) is 12.4 Å². The minimum atomic E-state index is -0.754. The first-order valence-electron chi connectivity index (χ1n) is 5.85.